The van der Waals surface area contributed by atoms with Gasteiger partial charge in [0.2, 0.25) is 0 Å². The van der Waals surface area contributed by atoms with Crippen LogP contribution in [-0.4, -0.2) is 25.5 Å². The maximum absolute atomic E-state index is 12.1. The third kappa shape index (κ3) is 2.57. The zero-order valence-electron chi connectivity index (χ0n) is 11.4. The molecule has 3 heterocycles. The lowest BCUT2D eigenvalue weighted by Gasteiger charge is -2.13. The number of ether oxygens (including phenoxy) is 1. The van der Waals surface area contributed by atoms with Gasteiger partial charge in [0.1, 0.15) is 5.00 Å². The first kappa shape index (κ1) is 13.8. The van der Waals surface area contributed by atoms with E-state index in [0.29, 0.717) is 17.1 Å². The van der Waals surface area contributed by atoms with Crippen LogP contribution in [0.25, 0.3) is 0 Å². The lowest BCUT2D eigenvalue weighted by atomic mass is 10.0. The molecule has 1 aliphatic heterocycles. The van der Waals surface area contributed by atoms with E-state index in [4.69, 9.17) is 9.15 Å². The highest BCUT2D eigenvalue weighted by Crippen LogP contribution is 2.36. The lowest BCUT2D eigenvalue weighted by Crippen LogP contribution is -2.23. The molecule has 3 rings (SSSR count). The molecule has 6 nitrogen and oxygen atoms in total. The highest BCUT2D eigenvalue weighted by atomic mass is 32.1. The molecule has 0 saturated heterocycles. The van der Waals surface area contributed by atoms with Crippen LogP contribution in [0.3, 0.4) is 0 Å². The van der Waals surface area contributed by atoms with Crippen LogP contribution >= 0.6 is 11.3 Å². The summed E-state index contributed by atoms with van der Waals surface area (Å²) in [7, 11) is 1.34. The number of hydrogen-bond donors (Lipinski definition) is 2. The standard InChI is InChI=1S/C14H14N2O4S/c1-19-14(18)11-8-4-5-15-7-10(8)21-13(11)16-12(17)9-3-2-6-20-9/h2-3,6,15H,4-5,7H2,1H3,(H,16,17). The molecule has 0 spiro atoms. The predicted molar refractivity (Wildman–Crippen MR) is 77.7 cm³/mol. The number of rotatable bonds is 3. The highest BCUT2D eigenvalue weighted by Gasteiger charge is 2.27. The molecule has 1 aliphatic rings. The highest BCUT2D eigenvalue weighted by molar-refractivity contribution is 7.17. The molecular formula is C14H14N2O4S. The number of methoxy groups -OCH3 is 1. The smallest absolute Gasteiger partial charge is 0.341 e. The molecule has 2 aromatic heterocycles. The van der Waals surface area contributed by atoms with E-state index < -0.39 is 5.97 Å². The van der Waals surface area contributed by atoms with Crippen molar-refractivity contribution in [1.82, 2.24) is 5.32 Å². The van der Waals surface area contributed by atoms with Crippen molar-refractivity contribution in [2.75, 3.05) is 19.0 Å². The van der Waals surface area contributed by atoms with E-state index in [0.717, 1.165) is 23.4 Å². The average molecular weight is 306 g/mol. The molecule has 0 aliphatic carbocycles. The second kappa shape index (κ2) is 5.71. The summed E-state index contributed by atoms with van der Waals surface area (Å²) in [5.74, 6) is -0.601. The van der Waals surface area contributed by atoms with Crippen molar-refractivity contribution < 1.29 is 18.7 Å². The number of carbonyl (C=O) groups is 2. The maximum atomic E-state index is 12.1. The quantitative estimate of drug-likeness (QED) is 0.848. The minimum absolute atomic E-state index is 0.204. The number of furan rings is 1. The van der Waals surface area contributed by atoms with Crippen LogP contribution in [0, 0.1) is 0 Å². The number of thiophene rings is 1. The second-order valence-corrected chi connectivity index (χ2v) is 5.66. The molecule has 2 aromatic rings. The number of esters is 1. The molecule has 1 amide bonds. The minimum Gasteiger partial charge on any atom is -0.465 e. The number of amides is 1. The summed E-state index contributed by atoms with van der Waals surface area (Å²) in [5, 5.41) is 6.50. The van der Waals surface area contributed by atoms with Crippen molar-refractivity contribution >= 4 is 28.2 Å². The summed E-state index contributed by atoms with van der Waals surface area (Å²) in [6.07, 6.45) is 2.17. The first-order chi connectivity index (χ1) is 10.2. The van der Waals surface area contributed by atoms with Gasteiger partial charge in [-0.05, 0) is 30.7 Å². The largest absolute Gasteiger partial charge is 0.465 e. The van der Waals surface area contributed by atoms with Gasteiger partial charge in [0.25, 0.3) is 5.91 Å². The fourth-order valence-electron chi connectivity index (χ4n) is 2.31. The van der Waals surface area contributed by atoms with Crippen LogP contribution < -0.4 is 10.6 Å². The van der Waals surface area contributed by atoms with Crippen LogP contribution in [-0.2, 0) is 17.7 Å². The van der Waals surface area contributed by atoms with E-state index in [-0.39, 0.29) is 11.7 Å². The van der Waals surface area contributed by atoms with Gasteiger partial charge in [-0.2, -0.15) is 0 Å². The Hall–Kier alpha value is -2.12. The molecule has 110 valence electrons. The van der Waals surface area contributed by atoms with Crippen molar-refractivity contribution in [3.05, 3.63) is 40.2 Å². The molecule has 0 atom stereocenters. The van der Waals surface area contributed by atoms with Gasteiger partial charge < -0.3 is 19.8 Å². The topological polar surface area (TPSA) is 80.6 Å². The third-order valence-corrected chi connectivity index (χ3v) is 4.44. The molecule has 0 radical (unpaired) electrons. The van der Waals surface area contributed by atoms with Gasteiger partial charge in [0.05, 0.1) is 18.9 Å². The van der Waals surface area contributed by atoms with Crippen molar-refractivity contribution in [3.63, 3.8) is 0 Å². The van der Waals surface area contributed by atoms with E-state index in [9.17, 15) is 9.59 Å². The summed E-state index contributed by atoms with van der Waals surface area (Å²) in [4.78, 5) is 25.2. The van der Waals surface area contributed by atoms with E-state index in [2.05, 4.69) is 10.6 Å². The lowest BCUT2D eigenvalue weighted by molar-refractivity contribution is 0.0601. The van der Waals surface area contributed by atoms with E-state index in [1.54, 1.807) is 12.1 Å². The molecule has 7 heteroatoms. The summed E-state index contributed by atoms with van der Waals surface area (Å²) in [5.41, 5.74) is 1.42. The Balaban J connectivity index is 1.95. The fraction of sp³-hybridized carbons (Fsp3) is 0.286. The van der Waals surface area contributed by atoms with Gasteiger partial charge in [-0.1, -0.05) is 0 Å². The number of nitrogens with one attached hydrogen (secondary N) is 2. The van der Waals surface area contributed by atoms with Crippen LogP contribution in [0.2, 0.25) is 0 Å². The molecule has 2 N–H and O–H groups in total. The van der Waals surface area contributed by atoms with Crippen molar-refractivity contribution in [2.24, 2.45) is 0 Å². The second-order valence-electron chi connectivity index (χ2n) is 4.56. The van der Waals surface area contributed by atoms with Gasteiger partial charge in [-0.25, -0.2) is 4.79 Å². The Labute approximate surface area is 125 Å². The molecule has 21 heavy (non-hydrogen) atoms. The van der Waals surface area contributed by atoms with Crippen LogP contribution in [0.1, 0.15) is 31.4 Å². The Morgan fingerprint density at radius 3 is 3.05 bits per heavy atom. The SMILES string of the molecule is COC(=O)c1c(NC(=O)c2ccco2)sc2c1CCNC2. The monoisotopic (exact) mass is 306 g/mol. The van der Waals surface area contributed by atoms with Gasteiger partial charge in [0, 0.05) is 11.4 Å². The van der Waals surface area contributed by atoms with Crippen LogP contribution in [0.15, 0.2) is 22.8 Å². The van der Waals surface area contributed by atoms with E-state index in [1.165, 1.54) is 24.7 Å². The number of anilines is 1. The Bertz CT molecular complexity index is 675. The summed E-state index contributed by atoms with van der Waals surface area (Å²) >= 11 is 1.39. The fourth-order valence-corrected chi connectivity index (χ4v) is 3.51. The zero-order chi connectivity index (χ0) is 14.8. The number of fused-ring (bicyclic) bond motifs is 1. The zero-order valence-corrected chi connectivity index (χ0v) is 12.2. The summed E-state index contributed by atoms with van der Waals surface area (Å²) in [6, 6.07) is 3.21. The summed E-state index contributed by atoms with van der Waals surface area (Å²) in [6.45, 7) is 1.50. The first-order valence-corrected chi connectivity index (χ1v) is 7.30. The Morgan fingerprint density at radius 2 is 2.33 bits per heavy atom. The molecule has 0 saturated carbocycles. The Morgan fingerprint density at radius 1 is 1.48 bits per heavy atom. The molecular weight excluding hydrogens is 292 g/mol. The molecule has 0 unspecified atom stereocenters. The number of carbonyl (C=O) groups excluding carboxylic acids is 2. The van der Waals surface area contributed by atoms with Crippen molar-refractivity contribution in [3.8, 4) is 0 Å². The van der Waals surface area contributed by atoms with Crippen LogP contribution in [0.4, 0.5) is 5.00 Å². The molecule has 0 bridgehead atoms. The van der Waals surface area contributed by atoms with Gasteiger partial charge in [-0.15, -0.1) is 11.3 Å². The average Bonchev–Trinajstić information content (AvgIpc) is 3.13. The van der Waals surface area contributed by atoms with E-state index >= 15 is 0 Å². The molecule has 0 aromatic carbocycles. The van der Waals surface area contributed by atoms with Crippen LogP contribution in [0.5, 0.6) is 0 Å². The van der Waals surface area contributed by atoms with Gasteiger partial charge in [-0.3, -0.25) is 4.79 Å². The van der Waals surface area contributed by atoms with Crippen molar-refractivity contribution in [2.45, 2.75) is 13.0 Å². The van der Waals surface area contributed by atoms with E-state index in [1.807, 2.05) is 0 Å². The maximum Gasteiger partial charge on any atom is 0.341 e. The Kier molecular flexibility index (Phi) is 3.76. The molecule has 0 fully saturated rings. The van der Waals surface area contributed by atoms with Gasteiger partial charge in [0.15, 0.2) is 5.76 Å². The number of hydrogen-bond acceptors (Lipinski definition) is 6. The van der Waals surface area contributed by atoms with Crippen molar-refractivity contribution in [1.29, 1.82) is 0 Å². The predicted octanol–water partition coefficient (Wildman–Crippen LogP) is 2.03. The van der Waals surface area contributed by atoms with Gasteiger partial charge >= 0.3 is 5.97 Å². The normalized spacial score (nSPS) is 13.6. The summed E-state index contributed by atoms with van der Waals surface area (Å²) < 4.78 is 9.91. The third-order valence-electron chi connectivity index (χ3n) is 3.29. The minimum atomic E-state index is -0.427. The first-order valence-electron chi connectivity index (χ1n) is 6.49.